The molecule has 0 saturated heterocycles. The highest BCUT2D eigenvalue weighted by Crippen LogP contribution is 2.27. The summed E-state index contributed by atoms with van der Waals surface area (Å²) in [6.45, 7) is 4.71. The zero-order valence-electron chi connectivity index (χ0n) is 11.7. The quantitative estimate of drug-likeness (QED) is 0.589. The smallest absolute Gasteiger partial charge is 0.160 e. The highest BCUT2D eigenvalue weighted by atomic mass is 16.6. The van der Waals surface area contributed by atoms with Crippen LogP contribution in [-0.2, 0) is 4.74 Å². The molecule has 0 amide bonds. The number of aliphatic hydroxyl groups is 2. The lowest BCUT2D eigenvalue weighted by molar-refractivity contribution is -0.172. The van der Waals surface area contributed by atoms with Crippen LogP contribution in [0.4, 0.5) is 0 Å². The molecule has 20 heavy (non-hydrogen) atoms. The van der Waals surface area contributed by atoms with Gasteiger partial charge in [0.25, 0.3) is 0 Å². The Kier molecular flexibility index (Phi) is 5.48. The van der Waals surface area contributed by atoms with Gasteiger partial charge in [-0.2, -0.15) is 10.5 Å². The molecule has 1 aliphatic rings. The molecule has 1 aliphatic heterocycles. The molecule has 0 aromatic heterocycles. The van der Waals surface area contributed by atoms with E-state index in [4.69, 9.17) is 15.3 Å². The van der Waals surface area contributed by atoms with Crippen molar-refractivity contribution in [2.75, 3.05) is 6.61 Å². The summed E-state index contributed by atoms with van der Waals surface area (Å²) in [5, 5.41) is 36.4. The topological polar surface area (TPSA) is 101 Å². The lowest BCUT2D eigenvalue weighted by atomic mass is 10.0. The van der Waals surface area contributed by atoms with E-state index in [1.807, 2.05) is 12.1 Å². The van der Waals surface area contributed by atoms with Crippen LogP contribution < -0.4 is 0 Å². The monoisotopic (exact) mass is 275 g/mol. The Labute approximate surface area is 118 Å². The second-order valence-corrected chi connectivity index (χ2v) is 4.37. The summed E-state index contributed by atoms with van der Waals surface area (Å²) in [6, 6.07) is 3.69. The van der Waals surface area contributed by atoms with Gasteiger partial charge in [0.2, 0.25) is 0 Å². The summed E-state index contributed by atoms with van der Waals surface area (Å²) in [5.74, 6) is 0. The molecule has 0 bridgehead atoms. The maximum atomic E-state index is 9.38. The van der Waals surface area contributed by atoms with Crippen molar-refractivity contribution in [3.05, 3.63) is 34.7 Å². The first-order chi connectivity index (χ1) is 9.44. The van der Waals surface area contributed by atoms with E-state index in [0.717, 1.165) is 0 Å². The molecule has 1 rings (SSSR count). The van der Waals surface area contributed by atoms with E-state index < -0.39 is 12.5 Å². The number of allylic oxidation sites excluding steroid dienone is 6. The lowest BCUT2D eigenvalue weighted by Crippen LogP contribution is -2.40. The van der Waals surface area contributed by atoms with E-state index in [-0.39, 0.29) is 12.2 Å². The van der Waals surface area contributed by atoms with E-state index in [9.17, 15) is 10.2 Å². The molecule has 0 radical (unpaired) electrons. The molecule has 0 spiro atoms. The second kappa shape index (κ2) is 6.88. The van der Waals surface area contributed by atoms with Crippen molar-refractivity contribution in [1.82, 2.24) is 4.90 Å². The largest absolute Gasteiger partial charge is 0.392 e. The molecular formula is C14H17N3O3. The molecule has 0 aromatic rings. The summed E-state index contributed by atoms with van der Waals surface area (Å²) in [7, 11) is 0. The third kappa shape index (κ3) is 3.46. The molecule has 1 heterocycles. The van der Waals surface area contributed by atoms with Crippen LogP contribution in [0.1, 0.15) is 20.8 Å². The average Bonchev–Trinajstić information content (AvgIpc) is 2.37. The molecule has 6 nitrogen and oxygen atoms in total. The number of ether oxygens (including phenoxy) is 1. The molecule has 2 atom stereocenters. The Bertz CT molecular complexity index is 509. The van der Waals surface area contributed by atoms with Crippen molar-refractivity contribution in [3.8, 4) is 12.1 Å². The molecule has 106 valence electrons. The van der Waals surface area contributed by atoms with Crippen molar-refractivity contribution in [2.24, 2.45) is 0 Å². The number of hydrogen-bond acceptors (Lipinski definition) is 6. The summed E-state index contributed by atoms with van der Waals surface area (Å²) in [5.41, 5.74) is 1.97. The fraction of sp³-hybridized carbons (Fsp3) is 0.429. The summed E-state index contributed by atoms with van der Waals surface area (Å²) in [4.78, 5) is 1.70. The van der Waals surface area contributed by atoms with Gasteiger partial charge in [0.15, 0.2) is 12.5 Å². The number of nitrogens with zero attached hydrogens (tertiary/aromatic N) is 3. The first kappa shape index (κ1) is 15.9. The van der Waals surface area contributed by atoms with E-state index >= 15 is 0 Å². The van der Waals surface area contributed by atoms with Gasteiger partial charge in [-0.15, -0.1) is 0 Å². The minimum absolute atomic E-state index is 0.0281. The predicted octanol–water partition coefficient (Wildman–Crippen LogP) is 1.13. The minimum atomic E-state index is -1.02. The Balaban J connectivity index is 3.16. The molecule has 0 saturated carbocycles. The summed E-state index contributed by atoms with van der Waals surface area (Å²) in [6.07, 6.45) is 1.60. The van der Waals surface area contributed by atoms with E-state index in [2.05, 4.69) is 0 Å². The summed E-state index contributed by atoms with van der Waals surface area (Å²) < 4.78 is 5.23. The first-order valence-corrected chi connectivity index (χ1v) is 6.09. The Morgan fingerprint density at radius 3 is 2.15 bits per heavy atom. The van der Waals surface area contributed by atoms with Crippen LogP contribution in [0.15, 0.2) is 34.7 Å². The molecule has 0 aliphatic carbocycles. The van der Waals surface area contributed by atoms with Crippen LogP contribution in [0.25, 0.3) is 0 Å². The summed E-state index contributed by atoms with van der Waals surface area (Å²) >= 11 is 0. The Morgan fingerprint density at radius 1 is 1.30 bits per heavy atom. The zero-order chi connectivity index (χ0) is 15.3. The highest BCUT2D eigenvalue weighted by Gasteiger charge is 2.25. The maximum absolute atomic E-state index is 9.38. The lowest BCUT2D eigenvalue weighted by Gasteiger charge is -2.36. The van der Waals surface area contributed by atoms with Crippen LogP contribution in [0.3, 0.4) is 0 Å². The van der Waals surface area contributed by atoms with Crippen molar-refractivity contribution in [2.45, 2.75) is 33.3 Å². The maximum Gasteiger partial charge on any atom is 0.160 e. The van der Waals surface area contributed by atoms with E-state index in [1.165, 1.54) is 6.92 Å². The zero-order valence-corrected chi connectivity index (χ0v) is 11.7. The van der Waals surface area contributed by atoms with E-state index in [0.29, 0.717) is 17.0 Å². The van der Waals surface area contributed by atoms with Crippen molar-refractivity contribution in [1.29, 1.82) is 10.5 Å². The van der Waals surface area contributed by atoms with Gasteiger partial charge in [-0.05, 0) is 32.9 Å². The van der Waals surface area contributed by atoms with Gasteiger partial charge in [0.1, 0.15) is 17.7 Å². The molecular weight excluding hydrogens is 258 g/mol. The molecule has 0 fully saturated rings. The standard InChI is InChI=1S/C14H17N3O3/c1-9-4-12(13(6-15)7-16)5-10(2)17(9)14(8-18)20-11(3)19/h4-5,11,14,18-19H,8H2,1-3H3. The SMILES string of the molecule is CC1=CC(=C(C#N)C#N)C=C(C)N1C(CO)OC(C)O. The number of hydrogen-bond donors (Lipinski definition) is 2. The second-order valence-electron chi connectivity index (χ2n) is 4.37. The van der Waals surface area contributed by atoms with Crippen LogP contribution in [0.2, 0.25) is 0 Å². The molecule has 2 N–H and O–H groups in total. The normalized spacial score (nSPS) is 17.6. The molecule has 6 heteroatoms. The van der Waals surface area contributed by atoms with Gasteiger partial charge in [0, 0.05) is 17.0 Å². The minimum Gasteiger partial charge on any atom is -0.392 e. The average molecular weight is 275 g/mol. The first-order valence-electron chi connectivity index (χ1n) is 6.09. The van der Waals surface area contributed by atoms with Gasteiger partial charge in [0.05, 0.1) is 6.61 Å². The van der Waals surface area contributed by atoms with Gasteiger partial charge >= 0.3 is 0 Å². The fourth-order valence-electron chi connectivity index (χ4n) is 2.07. The Hall–Kier alpha value is -2.12. The molecule has 2 unspecified atom stereocenters. The van der Waals surface area contributed by atoms with Gasteiger partial charge < -0.3 is 19.8 Å². The van der Waals surface area contributed by atoms with Crippen LogP contribution in [0, 0.1) is 22.7 Å². The third-order valence-electron chi connectivity index (χ3n) is 2.80. The number of rotatable bonds is 4. The van der Waals surface area contributed by atoms with Crippen molar-refractivity contribution in [3.63, 3.8) is 0 Å². The van der Waals surface area contributed by atoms with Gasteiger partial charge in [-0.25, -0.2) is 0 Å². The molecule has 0 aromatic carbocycles. The highest BCUT2D eigenvalue weighted by molar-refractivity contribution is 5.53. The number of aliphatic hydroxyl groups excluding tert-OH is 2. The van der Waals surface area contributed by atoms with Crippen LogP contribution in [-0.4, -0.2) is 34.2 Å². The van der Waals surface area contributed by atoms with Crippen LogP contribution in [0.5, 0.6) is 0 Å². The van der Waals surface area contributed by atoms with Crippen molar-refractivity contribution >= 4 is 0 Å². The van der Waals surface area contributed by atoms with Gasteiger partial charge in [-0.3, -0.25) is 0 Å². The number of nitriles is 2. The Morgan fingerprint density at radius 2 is 1.80 bits per heavy atom. The van der Waals surface area contributed by atoms with Crippen molar-refractivity contribution < 1.29 is 14.9 Å². The van der Waals surface area contributed by atoms with E-state index in [1.54, 1.807) is 30.9 Å². The van der Waals surface area contributed by atoms with Crippen LogP contribution >= 0.6 is 0 Å². The van der Waals surface area contributed by atoms with Gasteiger partial charge in [-0.1, -0.05) is 0 Å². The fourth-order valence-corrected chi connectivity index (χ4v) is 2.07. The predicted molar refractivity (Wildman–Crippen MR) is 71.2 cm³/mol. The third-order valence-corrected chi connectivity index (χ3v) is 2.80.